The number of methoxy groups -OCH3 is 1. The Morgan fingerprint density at radius 2 is 1.88 bits per heavy atom. The Hall–Kier alpha value is -1.11. The van der Waals surface area contributed by atoms with E-state index in [4.69, 9.17) is 18.7 Å². The van der Waals surface area contributed by atoms with Crippen LogP contribution >= 0.6 is 0 Å². The van der Waals surface area contributed by atoms with Crippen LogP contribution in [0, 0.1) is 5.41 Å². The van der Waals surface area contributed by atoms with Crippen LogP contribution in [0.3, 0.4) is 0 Å². The summed E-state index contributed by atoms with van der Waals surface area (Å²) in [5, 5.41) is 0. The molecule has 0 N–H and O–H groups in total. The van der Waals surface area contributed by atoms with Crippen molar-refractivity contribution in [1.29, 1.82) is 0 Å². The van der Waals surface area contributed by atoms with Crippen LogP contribution in [0.5, 0.6) is 5.88 Å². The van der Waals surface area contributed by atoms with Gasteiger partial charge in [0, 0.05) is 31.4 Å². The van der Waals surface area contributed by atoms with Crippen LogP contribution in [-0.4, -0.2) is 38.7 Å². The smallest absolute Gasteiger partial charge is 0.411 e. The Kier molecular flexibility index (Phi) is 2.39. The fourth-order valence-corrected chi connectivity index (χ4v) is 2.21. The molecular weight excluding hydrogens is 221 g/mol. The summed E-state index contributed by atoms with van der Waals surface area (Å²) in [5.41, 5.74) is 0.816. The molecule has 0 aliphatic carbocycles. The molecule has 0 amide bonds. The Balaban J connectivity index is 1.88. The van der Waals surface area contributed by atoms with Crippen LogP contribution in [0.15, 0.2) is 18.3 Å². The van der Waals surface area contributed by atoms with E-state index in [1.807, 2.05) is 6.07 Å². The third-order valence-corrected chi connectivity index (χ3v) is 3.33. The van der Waals surface area contributed by atoms with E-state index in [1.165, 1.54) is 0 Å². The van der Waals surface area contributed by atoms with E-state index < -0.39 is 6.75 Å². The zero-order chi connectivity index (χ0) is 11.9. The van der Waals surface area contributed by atoms with Crippen molar-refractivity contribution < 1.29 is 18.7 Å². The lowest BCUT2D eigenvalue weighted by Crippen LogP contribution is -2.68. The van der Waals surface area contributed by atoms with Crippen LogP contribution in [0.2, 0.25) is 0 Å². The minimum atomic E-state index is -1.79. The van der Waals surface area contributed by atoms with Crippen molar-refractivity contribution in [1.82, 2.24) is 4.98 Å². The average Bonchev–Trinajstić information content (AvgIpc) is 2.40. The largest absolute Gasteiger partial charge is 0.540 e. The van der Waals surface area contributed by atoms with E-state index in [0.717, 1.165) is 5.46 Å². The van der Waals surface area contributed by atoms with Crippen molar-refractivity contribution in [2.24, 2.45) is 5.41 Å². The van der Waals surface area contributed by atoms with Crippen LogP contribution in [0.1, 0.15) is 6.92 Å². The third kappa shape index (κ3) is 1.72. The topological polar surface area (TPSA) is 49.8 Å². The lowest BCUT2D eigenvalue weighted by atomic mass is 9.65. The second-order valence-electron chi connectivity index (χ2n) is 5.02. The van der Waals surface area contributed by atoms with Gasteiger partial charge in [-0.3, -0.25) is 0 Å². The molecule has 1 aromatic heterocycles. The van der Waals surface area contributed by atoms with E-state index in [1.54, 1.807) is 19.4 Å². The van der Waals surface area contributed by atoms with Gasteiger partial charge in [-0.25, -0.2) is 4.98 Å². The molecule has 0 atom stereocenters. The van der Waals surface area contributed by atoms with Crippen LogP contribution in [-0.2, 0) is 14.0 Å². The quantitative estimate of drug-likeness (QED) is 0.692. The molecule has 5 nitrogen and oxygen atoms in total. The predicted molar refractivity (Wildman–Crippen MR) is 62.1 cm³/mol. The molecular formula is C11H15BNO4-. The molecule has 3 aliphatic rings. The van der Waals surface area contributed by atoms with Gasteiger partial charge in [0.2, 0.25) is 5.88 Å². The maximum atomic E-state index is 5.76. The molecule has 3 fully saturated rings. The van der Waals surface area contributed by atoms with E-state index in [0.29, 0.717) is 25.7 Å². The van der Waals surface area contributed by atoms with Gasteiger partial charge in [-0.05, 0) is 6.07 Å². The molecule has 6 heteroatoms. The number of nitrogens with zero attached hydrogens (tertiary/aromatic N) is 1. The summed E-state index contributed by atoms with van der Waals surface area (Å²) in [5.74, 6) is 0.567. The number of rotatable bonds is 2. The predicted octanol–water partition coefficient (Wildman–Crippen LogP) is 0.319. The van der Waals surface area contributed by atoms with Crippen LogP contribution < -0.4 is 10.2 Å². The summed E-state index contributed by atoms with van der Waals surface area (Å²) in [6.07, 6.45) is 1.69. The molecule has 0 spiro atoms. The van der Waals surface area contributed by atoms with Gasteiger partial charge < -0.3 is 18.7 Å². The highest BCUT2D eigenvalue weighted by Gasteiger charge is 2.46. The standard InChI is InChI=1S/C11H15BNO4/c1-11-6-15-12(16-7-11,17-8-11)9-3-4-10(14-2)13-5-9/h3-5H,6-8H2,1-2H3/q-1. The molecule has 0 aromatic carbocycles. The van der Waals surface area contributed by atoms with Crippen molar-refractivity contribution in [3.63, 3.8) is 0 Å². The number of fused-ring (bicyclic) bond motifs is 3. The zero-order valence-electron chi connectivity index (χ0n) is 10.0. The molecule has 3 aliphatic heterocycles. The summed E-state index contributed by atoms with van der Waals surface area (Å²) in [6, 6.07) is 3.66. The number of hydrogen-bond acceptors (Lipinski definition) is 5. The summed E-state index contributed by atoms with van der Waals surface area (Å²) >= 11 is 0. The fourth-order valence-electron chi connectivity index (χ4n) is 2.21. The lowest BCUT2D eigenvalue weighted by molar-refractivity contribution is -0.119. The number of ether oxygens (including phenoxy) is 1. The molecule has 92 valence electrons. The summed E-state index contributed by atoms with van der Waals surface area (Å²) in [4.78, 5) is 4.15. The second-order valence-corrected chi connectivity index (χ2v) is 5.02. The maximum Gasteiger partial charge on any atom is 0.411 e. The first-order chi connectivity index (χ1) is 8.16. The van der Waals surface area contributed by atoms with Crippen molar-refractivity contribution in [2.45, 2.75) is 6.92 Å². The first kappa shape index (κ1) is 11.0. The van der Waals surface area contributed by atoms with E-state index in [-0.39, 0.29) is 5.41 Å². The Labute approximate surface area is 100 Å². The number of pyridine rings is 1. The monoisotopic (exact) mass is 236 g/mol. The highest BCUT2D eigenvalue weighted by molar-refractivity contribution is 6.75. The SMILES string of the molecule is COc1ccc([B-]23OCC(C)(CO2)CO3)cn1. The molecule has 4 rings (SSSR count). The molecule has 17 heavy (non-hydrogen) atoms. The van der Waals surface area contributed by atoms with Gasteiger partial charge in [-0.2, -0.15) is 0 Å². The molecule has 2 bridgehead atoms. The number of hydrogen-bond donors (Lipinski definition) is 0. The minimum Gasteiger partial charge on any atom is -0.540 e. The first-order valence-electron chi connectivity index (χ1n) is 5.72. The van der Waals surface area contributed by atoms with Gasteiger partial charge in [-0.15, -0.1) is 5.46 Å². The Morgan fingerprint density at radius 1 is 1.24 bits per heavy atom. The third-order valence-electron chi connectivity index (χ3n) is 3.33. The summed E-state index contributed by atoms with van der Waals surface area (Å²) in [6.45, 7) is 2.30. The molecule has 0 saturated carbocycles. The lowest BCUT2D eigenvalue weighted by Gasteiger charge is -2.58. The van der Waals surface area contributed by atoms with E-state index in [2.05, 4.69) is 11.9 Å². The van der Waals surface area contributed by atoms with Crippen molar-refractivity contribution >= 4 is 12.2 Å². The van der Waals surface area contributed by atoms with Gasteiger partial charge >= 0.3 is 6.75 Å². The molecule has 3 saturated heterocycles. The molecule has 0 radical (unpaired) electrons. The molecule has 1 aromatic rings. The van der Waals surface area contributed by atoms with Gasteiger partial charge in [0.15, 0.2) is 0 Å². The normalized spacial score (nSPS) is 35.9. The van der Waals surface area contributed by atoms with Crippen LogP contribution in [0.4, 0.5) is 0 Å². The van der Waals surface area contributed by atoms with Gasteiger partial charge in [-0.1, -0.05) is 13.0 Å². The fraction of sp³-hybridized carbons (Fsp3) is 0.545. The second kappa shape index (κ2) is 3.70. The zero-order valence-corrected chi connectivity index (χ0v) is 10.0. The van der Waals surface area contributed by atoms with Crippen molar-refractivity contribution in [3.05, 3.63) is 18.3 Å². The highest BCUT2D eigenvalue weighted by Crippen LogP contribution is 2.34. The number of aromatic nitrogens is 1. The molecule has 0 unspecified atom stereocenters. The molecule has 4 heterocycles. The minimum absolute atomic E-state index is 0.0105. The highest BCUT2D eigenvalue weighted by atomic mass is 16.8. The van der Waals surface area contributed by atoms with Crippen LogP contribution in [0.25, 0.3) is 0 Å². The average molecular weight is 236 g/mol. The summed E-state index contributed by atoms with van der Waals surface area (Å²) < 4.78 is 22.3. The van der Waals surface area contributed by atoms with Gasteiger partial charge in [0.05, 0.1) is 7.11 Å². The summed E-state index contributed by atoms with van der Waals surface area (Å²) in [7, 11) is 1.58. The van der Waals surface area contributed by atoms with E-state index in [9.17, 15) is 0 Å². The Morgan fingerprint density at radius 3 is 2.35 bits per heavy atom. The van der Waals surface area contributed by atoms with Gasteiger partial charge in [0.1, 0.15) is 0 Å². The van der Waals surface area contributed by atoms with E-state index >= 15 is 0 Å². The first-order valence-corrected chi connectivity index (χ1v) is 5.72. The van der Waals surface area contributed by atoms with Crippen molar-refractivity contribution in [2.75, 3.05) is 26.9 Å². The maximum absolute atomic E-state index is 5.76. The van der Waals surface area contributed by atoms with Gasteiger partial charge in [0.25, 0.3) is 0 Å². The Bertz CT molecular complexity index is 397. The van der Waals surface area contributed by atoms with Crippen molar-refractivity contribution in [3.8, 4) is 5.88 Å².